The topological polar surface area (TPSA) is 17.3 Å². The Balaban J connectivity index is 2.91. The third-order valence-corrected chi connectivity index (χ3v) is 1.82. The molecule has 0 aromatic carbocycles. The largest absolute Gasteiger partial charge is 0.305 e. The zero-order valence-electron chi connectivity index (χ0n) is 6.70. The van der Waals surface area contributed by atoms with Gasteiger partial charge in [-0.05, 0) is 32.0 Å². The molecule has 0 aliphatic rings. The highest BCUT2D eigenvalue weighted by Gasteiger charge is 1.96. The van der Waals surface area contributed by atoms with E-state index >= 15 is 0 Å². The Morgan fingerprint density at radius 1 is 1.36 bits per heavy atom. The van der Waals surface area contributed by atoms with Gasteiger partial charge in [0, 0.05) is 17.4 Å². The zero-order chi connectivity index (χ0) is 7.84. The molecular formula is C9H10N2. The minimum atomic E-state index is 1.05. The van der Waals surface area contributed by atoms with Crippen LogP contribution in [0.1, 0.15) is 11.5 Å². The molecular weight excluding hydrogens is 136 g/mol. The van der Waals surface area contributed by atoms with Crippen molar-refractivity contribution in [2.24, 2.45) is 0 Å². The number of aromatic nitrogens is 2. The molecule has 0 radical (unpaired) electrons. The van der Waals surface area contributed by atoms with Gasteiger partial charge in [0.1, 0.15) is 5.82 Å². The SMILES string of the molecule is Cc1cc2cccn2c(C)n1. The van der Waals surface area contributed by atoms with Crippen molar-refractivity contribution < 1.29 is 0 Å². The van der Waals surface area contributed by atoms with Crippen LogP contribution in [0.4, 0.5) is 0 Å². The molecule has 0 saturated carbocycles. The minimum Gasteiger partial charge on any atom is -0.305 e. The predicted octanol–water partition coefficient (Wildman–Crippen LogP) is 1.95. The lowest BCUT2D eigenvalue weighted by Gasteiger charge is -2.00. The van der Waals surface area contributed by atoms with E-state index in [0.717, 1.165) is 11.5 Å². The molecule has 2 nitrogen and oxygen atoms in total. The standard InChI is InChI=1S/C9H10N2/c1-7-6-9-4-3-5-11(9)8(2)10-7/h3-6H,1-2H3. The third-order valence-electron chi connectivity index (χ3n) is 1.82. The lowest BCUT2D eigenvalue weighted by Crippen LogP contribution is -1.94. The van der Waals surface area contributed by atoms with Crippen molar-refractivity contribution in [2.75, 3.05) is 0 Å². The van der Waals surface area contributed by atoms with E-state index in [-0.39, 0.29) is 0 Å². The first-order chi connectivity index (χ1) is 5.27. The van der Waals surface area contributed by atoms with Gasteiger partial charge < -0.3 is 4.40 Å². The third kappa shape index (κ3) is 0.909. The zero-order valence-corrected chi connectivity index (χ0v) is 6.70. The predicted molar refractivity (Wildman–Crippen MR) is 44.7 cm³/mol. The van der Waals surface area contributed by atoms with E-state index in [1.807, 2.05) is 26.1 Å². The summed E-state index contributed by atoms with van der Waals surface area (Å²) in [6, 6.07) is 6.19. The van der Waals surface area contributed by atoms with E-state index in [9.17, 15) is 0 Å². The number of hydrogen-bond acceptors (Lipinski definition) is 1. The van der Waals surface area contributed by atoms with E-state index in [1.54, 1.807) is 0 Å². The van der Waals surface area contributed by atoms with Crippen LogP contribution >= 0.6 is 0 Å². The highest BCUT2D eigenvalue weighted by atomic mass is 15.0. The summed E-state index contributed by atoms with van der Waals surface area (Å²) >= 11 is 0. The molecule has 56 valence electrons. The van der Waals surface area contributed by atoms with Crippen molar-refractivity contribution in [2.45, 2.75) is 13.8 Å². The van der Waals surface area contributed by atoms with Gasteiger partial charge in [-0.1, -0.05) is 0 Å². The lowest BCUT2D eigenvalue weighted by molar-refractivity contribution is 0.966. The molecule has 0 atom stereocenters. The van der Waals surface area contributed by atoms with Crippen LogP contribution in [-0.2, 0) is 0 Å². The van der Waals surface area contributed by atoms with Crippen LogP contribution in [0.25, 0.3) is 5.52 Å². The normalized spacial score (nSPS) is 10.7. The molecule has 2 rings (SSSR count). The van der Waals surface area contributed by atoms with Crippen LogP contribution in [-0.4, -0.2) is 9.38 Å². The van der Waals surface area contributed by atoms with Crippen LogP contribution in [0.2, 0.25) is 0 Å². The van der Waals surface area contributed by atoms with Crippen molar-refractivity contribution in [1.29, 1.82) is 0 Å². The van der Waals surface area contributed by atoms with Crippen molar-refractivity contribution >= 4 is 5.52 Å². The summed E-state index contributed by atoms with van der Waals surface area (Å²) in [5.74, 6) is 1.05. The summed E-state index contributed by atoms with van der Waals surface area (Å²) in [6.07, 6.45) is 2.02. The van der Waals surface area contributed by atoms with E-state index in [1.165, 1.54) is 5.52 Å². The molecule has 2 heterocycles. The second-order valence-corrected chi connectivity index (χ2v) is 2.75. The number of fused-ring (bicyclic) bond motifs is 1. The summed E-state index contributed by atoms with van der Waals surface area (Å²) in [4.78, 5) is 4.34. The second-order valence-electron chi connectivity index (χ2n) is 2.75. The van der Waals surface area contributed by atoms with Crippen LogP contribution < -0.4 is 0 Å². The van der Waals surface area contributed by atoms with Crippen molar-refractivity contribution in [3.63, 3.8) is 0 Å². The van der Waals surface area contributed by atoms with Crippen molar-refractivity contribution in [3.8, 4) is 0 Å². The van der Waals surface area contributed by atoms with Gasteiger partial charge in [0.15, 0.2) is 0 Å². The van der Waals surface area contributed by atoms with E-state index in [4.69, 9.17) is 0 Å². The van der Waals surface area contributed by atoms with Gasteiger partial charge in [-0.3, -0.25) is 0 Å². The molecule has 0 N–H and O–H groups in total. The maximum atomic E-state index is 4.34. The van der Waals surface area contributed by atoms with Gasteiger partial charge in [-0.25, -0.2) is 4.98 Å². The highest BCUT2D eigenvalue weighted by molar-refractivity contribution is 5.48. The maximum Gasteiger partial charge on any atom is 0.110 e. The molecule has 0 aliphatic heterocycles. The van der Waals surface area contributed by atoms with Gasteiger partial charge in [-0.15, -0.1) is 0 Å². The lowest BCUT2D eigenvalue weighted by atomic mass is 10.4. The molecule has 11 heavy (non-hydrogen) atoms. The summed E-state index contributed by atoms with van der Waals surface area (Å²) in [5, 5.41) is 0. The van der Waals surface area contributed by atoms with E-state index in [2.05, 4.69) is 21.5 Å². The van der Waals surface area contributed by atoms with Gasteiger partial charge in [0.2, 0.25) is 0 Å². The Labute approximate surface area is 65.5 Å². The molecule has 0 unspecified atom stereocenters. The van der Waals surface area contributed by atoms with Gasteiger partial charge in [0.25, 0.3) is 0 Å². The number of hydrogen-bond donors (Lipinski definition) is 0. The van der Waals surface area contributed by atoms with Crippen molar-refractivity contribution in [1.82, 2.24) is 9.38 Å². The number of nitrogens with zero attached hydrogens (tertiary/aromatic N) is 2. The minimum absolute atomic E-state index is 1.05. The smallest absolute Gasteiger partial charge is 0.110 e. The number of rotatable bonds is 0. The Bertz CT molecular complexity index is 387. The van der Waals surface area contributed by atoms with Gasteiger partial charge >= 0.3 is 0 Å². The van der Waals surface area contributed by atoms with Crippen molar-refractivity contribution in [3.05, 3.63) is 35.9 Å². The second kappa shape index (κ2) is 2.09. The summed E-state index contributed by atoms with van der Waals surface area (Å²) in [6.45, 7) is 4.03. The fraction of sp³-hybridized carbons (Fsp3) is 0.222. The van der Waals surface area contributed by atoms with E-state index < -0.39 is 0 Å². The number of aryl methyl sites for hydroxylation is 2. The van der Waals surface area contributed by atoms with Crippen LogP contribution in [0.15, 0.2) is 24.4 Å². The molecule has 2 heteroatoms. The average Bonchev–Trinajstić information content (AvgIpc) is 2.34. The summed E-state index contributed by atoms with van der Waals surface area (Å²) < 4.78 is 2.08. The first kappa shape index (κ1) is 6.40. The van der Waals surface area contributed by atoms with Gasteiger partial charge in [0.05, 0.1) is 0 Å². The summed E-state index contributed by atoms with van der Waals surface area (Å²) in [5.41, 5.74) is 2.30. The molecule has 0 amide bonds. The molecule has 0 saturated heterocycles. The molecule has 0 aliphatic carbocycles. The molecule has 0 bridgehead atoms. The maximum absolute atomic E-state index is 4.34. The fourth-order valence-electron chi connectivity index (χ4n) is 1.36. The van der Waals surface area contributed by atoms with Crippen LogP contribution in [0.3, 0.4) is 0 Å². The monoisotopic (exact) mass is 146 g/mol. The first-order valence-corrected chi connectivity index (χ1v) is 3.69. The molecule has 2 aromatic rings. The Hall–Kier alpha value is -1.31. The molecule has 0 spiro atoms. The van der Waals surface area contributed by atoms with Crippen LogP contribution in [0, 0.1) is 13.8 Å². The first-order valence-electron chi connectivity index (χ1n) is 3.69. The Kier molecular flexibility index (Phi) is 1.22. The highest BCUT2D eigenvalue weighted by Crippen LogP contribution is 2.07. The molecule has 0 fully saturated rings. The fourth-order valence-corrected chi connectivity index (χ4v) is 1.36. The van der Waals surface area contributed by atoms with E-state index in [0.29, 0.717) is 0 Å². The Morgan fingerprint density at radius 2 is 2.18 bits per heavy atom. The average molecular weight is 146 g/mol. The summed E-state index contributed by atoms with van der Waals surface area (Å²) in [7, 11) is 0. The van der Waals surface area contributed by atoms with Gasteiger partial charge in [-0.2, -0.15) is 0 Å². The molecule has 2 aromatic heterocycles. The Morgan fingerprint density at radius 3 is 3.00 bits per heavy atom. The quantitative estimate of drug-likeness (QED) is 0.555. The van der Waals surface area contributed by atoms with Crippen LogP contribution in [0.5, 0.6) is 0 Å².